The summed E-state index contributed by atoms with van der Waals surface area (Å²) in [7, 11) is 1.06. The zero-order chi connectivity index (χ0) is 22.8. The summed E-state index contributed by atoms with van der Waals surface area (Å²) in [5, 5.41) is 12.4. The average molecular weight is 457 g/mol. The Bertz CT molecular complexity index is 1260. The second-order valence-corrected chi connectivity index (χ2v) is 9.14. The second kappa shape index (κ2) is 9.18. The van der Waals surface area contributed by atoms with Gasteiger partial charge in [-0.25, -0.2) is 0 Å². The molecule has 3 aromatic carbocycles. The zero-order valence-electron chi connectivity index (χ0n) is 18.3. The molecule has 166 valence electrons. The molecule has 1 aromatic heterocycles. The van der Waals surface area contributed by atoms with Crippen LogP contribution in [-0.4, -0.2) is 35.8 Å². The second-order valence-electron chi connectivity index (χ2n) is 8.05. The van der Waals surface area contributed by atoms with Crippen LogP contribution in [0.4, 0.5) is 11.5 Å². The molecule has 0 radical (unpaired) electrons. The molecule has 1 aliphatic heterocycles. The van der Waals surface area contributed by atoms with Gasteiger partial charge in [-0.15, -0.1) is 0 Å². The first-order valence-electron chi connectivity index (χ1n) is 10.9. The van der Waals surface area contributed by atoms with Gasteiger partial charge in [0.15, 0.2) is 0 Å². The largest absolute Gasteiger partial charge is 0.378 e. The van der Waals surface area contributed by atoms with E-state index in [2.05, 4.69) is 52.8 Å². The van der Waals surface area contributed by atoms with E-state index >= 15 is 0 Å². The molecular weight excluding hydrogens is 433 g/mol. The predicted molar refractivity (Wildman–Crippen MR) is 134 cm³/mol. The van der Waals surface area contributed by atoms with Crippen molar-refractivity contribution in [3.63, 3.8) is 0 Å². The normalized spacial score (nSPS) is 14.0. The highest BCUT2D eigenvalue weighted by molar-refractivity contribution is 7.38. The zero-order valence-corrected chi connectivity index (χ0v) is 19.2. The van der Waals surface area contributed by atoms with Crippen molar-refractivity contribution in [2.24, 2.45) is 0 Å². The van der Waals surface area contributed by atoms with Gasteiger partial charge < -0.3 is 9.64 Å². The van der Waals surface area contributed by atoms with Gasteiger partial charge in [-0.3, -0.25) is 14.7 Å². The minimum absolute atomic E-state index is 0.0976. The Morgan fingerprint density at radius 1 is 0.879 bits per heavy atom. The highest BCUT2D eigenvalue weighted by Gasteiger charge is 2.25. The van der Waals surface area contributed by atoms with Crippen molar-refractivity contribution in [1.82, 2.24) is 4.57 Å². The fourth-order valence-corrected chi connectivity index (χ4v) is 5.55. The number of non-ortho nitro benzene ring substituents is 1. The van der Waals surface area contributed by atoms with E-state index in [0.29, 0.717) is 13.2 Å². The van der Waals surface area contributed by atoms with Gasteiger partial charge in [-0.2, -0.15) is 0 Å². The van der Waals surface area contributed by atoms with Gasteiger partial charge in [0.25, 0.3) is 5.69 Å². The fourth-order valence-electron chi connectivity index (χ4n) is 4.13. The third-order valence-electron chi connectivity index (χ3n) is 5.84. The SMILES string of the molecule is Cc1ccc(-c2pc(-c3ccc([N+](=O)[O-])cc3)n(-c3ccccc3)c2N2CCOCC2)cc1. The van der Waals surface area contributed by atoms with E-state index in [1.54, 1.807) is 12.1 Å². The van der Waals surface area contributed by atoms with Crippen LogP contribution in [0, 0.1) is 17.0 Å². The van der Waals surface area contributed by atoms with Crippen LogP contribution in [0.1, 0.15) is 5.56 Å². The molecule has 0 unspecified atom stereocenters. The lowest BCUT2D eigenvalue weighted by Crippen LogP contribution is -2.37. The molecule has 6 nitrogen and oxygen atoms in total. The number of aromatic nitrogens is 1. The topological polar surface area (TPSA) is 60.5 Å². The number of morpholine rings is 1. The highest BCUT2D eigenvalue weighted by atomic mass is 31.0. The summed E-state index contributed by atoms with van der Waals surface area (Å²) in [5.74, 6) is 1.16. The summed E-state index contributed by atoms with van der Waals surface area (Å²) in [6.45, 7) is 5.11. The molecule has 0 N–H and O–H groups in total. The number of rotatable bonds is 5. The molecule has 0 aliphatic carbocycles. The fraction of sp³-hybridized carbons (Fsp3) is 0.192. The number of benzene rings is 3. The van der Waals surface area contributed by atoms with Crippen LogP contribution in [-0.2, 0) is 4.74 Å². The molecule has 4 aromatic rings. The van der Waals surface area contributed by atoms with E-state index in [1.165, 1.54) is 16.4 Å². The van der Waals surface area contributed by atoms with Crippen LogP contribution in [0.3, 0.4) is 0 Å². The molecule has 0 saturated carbocycles. The summed E-state index contributed by atoms with van der Waals surface area (Å²) in [6.07, 6.45) is 0. The molecule has 1 fully saturated rings. The number of ether oxygens (including phenoxy) is 1. The minimum Gasteiger partial charge on any atom is -0.378 e. The Morgan fingerprint density at radius 2 is 1.52 bits per heavy atom. The van der Waals surface area contributed by atoms with Crippen molar-refractivity contribution < 1.29 is 9.66 Å². The van der Waals surface area contributed by atoms with Crippen molar-refractivity contribution in [1.29, 1.82) is 0 Å². The number of aryl methyl sites for hydroxylation is 1. The van der Waals surface area contributed by atoms with Gasteiger partial charge in [-0.05, 0) is 44.9 Å². The van der Waals surface area contributed by atoms with Gasteiger partial charge in [0.2, 0.25) is 0 Å². The number of anilines is 1. The van der Waals surface area contributed by atoms with Crippen molar-refractivity contribution in [3.8, 4) is 27.5 Å². The van der Waals surface area contributed by atoms with Crippen molar-refractivity contribution in [2.75, 3.05) is 31.2 Å². The minimum atomic E-state index is -0.356. The first kappa shape index (κ1) is 21.4. The number of para-hydroxylation sites is 1. The highest BCUT2D eigenvalue weighted by Crippen LogP contribution is 2.48. The third-order valence-corrected chi connectivity index (χ3v) is 7.19. The van der Waals surface area contributed by atoms with E-state index in [-0.39, 0.29) is 10.6 Å². The maximum atomic E-state index is 11.2. The van der Waals surface area contributed by atoms with Crippen molar-refractivity contribution >= 4 is 19.7 Å². The first-order chi connectivity index (χ1) is 16.1. The van der Waals surface area contributed by atoms with Gasteiger partial charge >= 0.3 is 0 Å². The average Bonchev–Trinajstić information content (AvgIpc) is 3.26. The number of hydrogen-bond acceptors (Lipinski definition) is 4. The first-order valence-corrected chi connectivity index (χ1v) is 11.8. The Kier molecular flexibility index (Phi) is 5.95. The molecule has 2 heterocycles. The molecule has 5 rings (SSSR count). The summed E-state index contributed by atoms with van der Waals surface area (Å²) in [6, 6.07) is 25.8. The van der Waals surface area contributed by atoms with Crippen LogP contribution in [0.25, 0.3) is 27.5 Å². The van der Waals surface area contributed by atoms with E-state index in [1.807, 2.05) is 30.3 Å². The van der Waals surface area contributed by atoms with Gasteiger partial charge in [-0.1, -0.05) is 48.0 Å². The van der Waals surface area contributed by atoms with Crippen LogP contribution in [0.2, 0.25) is 0 Å². The van der Waals surface area contributed by atoms with Crippen molar-refractivity contribution in [2.45, 2.75) is 6.92 Å². The van der Waals surface area contributed by atoms with E-state index in [0.717, 1.165) is 43.8 Å². The van der Waals surface area contributed by atoms with Crippen LogP contribution in [0.5, 0.6) is 0 Å². The van der Waals surface area contributed by atoms with Gasteiger partial charge in [0, 0.05) is 36.5 Å². The number of hydrogen-bond donors (Lipinski definition) is 0. The summed E-state index contributed by atoms with van der Waals surface area (Å²) in [5.41, 5.74) is 5.64. The monoisotopic (exact) mass is 457 g/mol. The maximum Gasteiger partial charge on any atom is 0.269 e. The van der Waals surface area contributed by atoms with E-state index < -0.39 is 0 Å². The summed E-state index contributed by atoms with van der Waals surface area (Å²) < 4.78 is 7.96. The number of nitrogens with zero attached hydrogens (tertiary/aromatic N) is 3. The van der Waals surface area contributed by atoms with Crippen LogP contribution >= 0.6 is 8.19 Å². The molecule has 7 heteroatoms. The molecule has 0 bridgehead atoms. The Morgan fingerprint density at radius 3 is 2.15 bits per heavy atom. The quantitative estimate of drug-likeness (QED) is 0.255. The third kappa shape index (κ3) is 4.28. The molecule has 1 saturated heterocycles. The van der Waals surface area contributed by atoms with E-state index in [9.17, 15) is 10.1 Å². The molecule has 0 amide bonds. The lowest BCUT2D eigenvalue weighted by Gasteiger charge is -2.31. The van der Waals surface area contributed by atoms with Crippen LogP contribution < -0.4 is 4.90 Å². The molecular formula is C26H24N3O3P. The Balaban J connectivity index is 1.77. The maximum absolute atomic E-state index is 11.2. The Hall–Kier alpha value is -3.47. The lowest BCUT2D eigenvalue weighted by molar-refractivity contribution is -0.384. The van der Waals surface area contributed by atoms with Crippen molar-refractivity contribution in [3.05, 3.63) is 94.5 Å². The van der Waals surface area contributed by atoms with Gasteiger partial charge in [0.05, 0.1) is 28.9 Å². The van der Waals surface area contributed by atoms with Crippen LogP contribution in [0.15, 0.2) is 78.9 Å². The summed E-state index contributed by atoms with van der Waals surface area (Å²) in [4.78, 5) is 13.2. The number of nitro groups is 1. The Labute approximate surface area is 194 Å². The molecule has 0 spiro atoms. The van der Waals surface area contributed by atoms with E-state index in [4.69, 9.17) is 4.74 Å². The standard InChI is InChI=1S/C26H24N3O3P/c1-19-7-9-20(10-8-19)24-25(27-15-17-32-18-16-27)28(22-5-3-2-4-6-22)26(33-24)21-11-13-23(14-12-21)29(30)31/h2-14H,15-18H2,1H3. The number of nitro benzene ring substituents is 1. The smallest absolute Gasteiger partial charge is 0.269 e. The summed E-state index contributed by atoms with van der Waals surface area (Å²) >= 11 is 0. The molecule has 0 atom stereocenters. The predicted octanol–water partition coefficient (Wildman–Crippen LogP) is 6.44. The molecule has 33 heavy (non-hydrogen) atoms. The van der Waals surface area contributed by atoms with Gasteiger partial charge in [0.1, 0.15) is 5.82 Å². The lowest BCUT2D eigenvalue weighted by atomic mass is 10.1. The molecule has 1 aliphatic rings.